The van der Waals surface area contributed by atoms with Crippen LogP contribution in [0.4, 0.5) is 4.79 Å². The smallest absolute Gasteiger partial charge is 0.408 e. The predicted octanol–water partition coefficient (Wildman–Crippen LogP) is 1.38. The molecule has 0 saturated carbocycles. The number of carboxylic acids is 2. The average Bonchev–Trinajstić information content (AvgIpc) is 3.26. The Balaban J connectivity index is 1.64. The molecule has 0 radical (unpaired) electrons. The third kappa shape index (κ3) is 6.69. The molecule has 1 aromatic heterocycles. The van der Waals surface area contributed by atoms with Gasteiger partial charge in [-0.1, -0.05) is 42.5 Å². The maximum Gasteiger partial charge on any atom is 0.408 e. The molecule has 12 heteroatoms. The lowest BCUT2D eigenvalue weighted by atomic mass is 10.1. The predicted molar refractivity (Wildman–Crippen MR) is 111 cm³/mol. The molecule has 1 unspecified atom stereocenters. The summed E-state index contributed by atoms with van der Waals surface area (Å²) in [7, 11) is 0. The van der Waals surface area contributed by atoms with Crippen LogP contribution in [-0.2, 0) is 27.5 Å². The zero-order chi connectivity index (χ0) is 23.8. The molecule has 2 aromatic carbocycles. The number of ketones is 1. The van der Waals surface area contributed by atoms with Gasteiger partial charge in [-0.15, -0.1) is 10.2 Å². The molecular formula is C21H19N5O7. The van der Waals surface area contributed by atoms with Gasteiger partial charge in [-0.05, 0) is 22.9 Å². The van der Waals surface area contributed by atoms with E-state index in [0.29, 0.717) is 5.56 Å². The second-order valence-corrected chi connectivity index (χ2v) is 6.85. The van der Waals surface area contributed by atoms with E-state index in [1.54, 1.807) is 36.4 Å². The first-order chi connectivity index (χ1) is 15.8. The van der Waals surface area contributed by atoms with Gasteiger partial charge in [0.2, 0.25) is 5.82 Å². The number of tetrazole rings is 1. The summed E-state index contributed by atoms with van der Waals surface area (Å²) in [5.41, 5.74) is 1.12. The average molecular weight is 453 g/mol. The standard InChI is InChI=1S/C21H19N5O7/c27-17(11-26-24-19(23-25-26)14-7-4-8-15(9-14)20(30)31)16(10-18(28)29)22-21(32)33-12-13-5-2-1-3-6-13/h1-9,16H,10-12H2,(H,22,32)(H,28,29)(H,30,31). The van der Waals surface area contributed by atoms with Crippen LogP contribution in [0.25, 0.3) is 11.4 Å². The van der Waals surface area contributed by atoms with Crippen LogP contribution < -0.4 is 5.32 Å². The van der Waals surface area contributed by atoms with Crippen LogP contribution in [0.5, 0.6) is 0 Å². The van der Waals surface area contributed by atoms with Gasteiger partial charge in [-0.2, -0.15) is 4.80 Å². The molecule has 0 aliphatic carbocycles. The van der Waals surface area contributed by atoms with E-state index in [0.717, 1.165) is 10.4 Å². The minimum atomic E-state index is -1.38. The highest BCUT2D eigenvalue weighted by molar-refractivity contribution is 5.90. The molecule has 1 amide bonds. The molecule has 12 nitrogen and oxygen atoms in total. The first kappa shape index (κ1) is 23.1. The van der Waals surface area contributed by atoms with Crippen molar-refractivity contribution >= 4 is 23.8 Å². The van der Waals surface area contributed by atoms with E-state index in [-0.39, 0.29) is 18.0 Å². The van der Waals surface area contributed by atoms with Gasteiger partial charge >= 0.3 is 18.0 Å². The summed E-state index contributed by atoms with van der Waals surface area (Å²) in [6.07, 6.45) is -1.61. The van der Waals surface area contributed by atoms with Crippen LogP contribution in [0.2, 0.25) is 0 Å². The van der Waals surface area contributed by atoms with Crippen molar-refractivity contribution in [3.05, 3.63) is 65.7 Å². The zero-order valence-electron chi connectivity index (χ0n) is 17.1. The summed E-state index contributed by atoms with van der Waals surface area (Å²) in [4.78, 5) is 47.9. The fourth-order valence-electron chi connectivity index (χ4n) is 2.79. The Labute approximate surface area is 186 Å². The summed E-state index contributed by atoms with van der Waals surface area (Å²) in [6, 6.07) is 13.3. The molecule has 170 valence electrons. The quantitative estimate of drug-likeness (QED) is 0.407. The number of nitrogens with one attached hydrogen (secondary N) is 1. The molecule has 0 fully saturated rings. The molecule has 3 N–H and O–H groups in total. The van der Waals surface area contributed by atoms with Crippen molar-refractivity contribution in [2.75, 3.05) is 0 Å². The van der Waals surface area contributed by atoms with Gasteiger partial charge in [0.15, 0.2) is 5.78 Å². The molecule has 1 atom stereocenters. The number of hydrogen-bond acceptors (Lipinski definition) is 8. The first-order valence-electron chi connectivity index (χ1n) is 9.65. The van der Waals surface area contributed by atoms with Crippen molar-refractivity contribution in [2.24, 2.45) is 0 Å². The zero-order valence-corrected chi connectivity index (χ0v) is 17.1. The SMILES string of the molecule is O=C(O)CC(NC(=O)OCc1ccccc1)C(=O)Cn1nnc(-c2cccc(C(=O)O)c2)n1. The van der Waals surface area contributed by atoms with Crippen molar-refractivity contribution in [3.63, 3.8) is 0 Å². The Kier molecular flexibility index (Phi) is 7.42. The lowest BCUT2D eigenvalue weighted by Gasteiger charge is -2.15. The molecule has 0 aliphatic rings. The van der Waals surface area contributed by atoms with E-state index in [1.807, 2.05) is 0 Å². The third-order valence-electron chi connectivity index (χ3n) is 4.39. The van der Waals surface area contributed by atoms with E-state index < -0.39 is 42.8 Å². The van der Waals surface area contributed by atoms with Crippen LogP contribution in [0.1, 0.15) is 22.3 Å². The highest BCUT2D eigenvalue weighted by atomic mass is 16.5. The number of hydrogen-bond donors (Lipinski definition) is 3. The van der Waals surface area contributed by atoms with Crippen molar-refractivity contribution < 1.29 is 34.1 Å². The van der Waals surface area contributed by atoms with Crippen LogP contribution in [0.15, 0.2) is 54.6 Å². The number of amides is 1. The van der Waals surface area contributed by atoms with E-state index in [1.165, 1.54) is 18.2 Å². The highest BCUT2D eigenvalue weighted by Crippen LogP contribution is 2.15. The third-order valence-corrected chi connectivity index (χ3v) is 4.39. The summed E-state index contributed by atoms with van der Waals surface area (Å²) < 4.78 is 5.04. The highest BCUT2D eigenvalue weighted by Gasteiger charge is 2.25. The number of aliphatic carboxylic acids is 1. The molecular weight excluding hydrogens is 434 g/mol. The monoisotopic (exact) mass is 453 g/mol. The number of Topliss-reactive ketones (excluding diaryl/α,β-unsaturated/α-hetero) is 1. The number of aromatic nitrogens is 4. The normalized spacial score (nSPS) is 11.4. The van der Waals surface area contributed by atoms with Gasteiger partial charge in [-0.3, -0.25) is 9.59 Å². The van der Waals surface area contributed by atoms with Crippen molar-refractivity contribution in [3.8, 4) is 11.4 Å². The van der Waals surface area contributed by atoms with Crippen molar-refractivity contribution in [1.29, 1.82) is 0 Å². The second kappa shape index (κ2) is 10.6. The van der Waals surface area contributed by atoms with Gasteiger partial charge in [0.1, 0.15) is 19.2 Å². The fourth-order valence-corrected chi connectivity index (χ4v) is 2.79. The van der Waals surface area contributed by atoms with Gasteiger partial charge in [0, 0.05) is 5.56 Å². The number of carboxylic acid groups (broad SMARTS) is 2. The Bertz CT molecular complexity index is 1160. The second-order valence-electron chi connectivity index (χ2n) is 6.85. The Morgan fingerprint density at radius 2 is 1.79 bits per heavy atom. The molecule has 33 heavy (non-hydrogen) atoms. The maximum absolute atomic E-state index is 12.6. The number of rotatable bonds is 10. The lowest BCUT2D eigenvalue weighted by Crippen LogP contribution is -2.44. The molecule has 3 rings (SSSR count). The summed E-state index contributed by atoms with van der Waals surface area (Å²) in [6.45, 7) is -0.521. The first-order valence-corrected chi connectivity index (χ1v) is 9.65. The summed E-state index contributed by atoms with van der Waals surface area (Å²) in [5, 5.41) is 32.0. The molecule has 3 aromatic rings. The van der Waals surface area contributed by atoms with Crippen molar-refractivity contribution in [1.82, 2.24) is 25.5 Å². The number of nitrogens with zero attached hydrogens (tertiary/aromatic N) is 4. The van der Waals surface area contributed by atoms with Gasteiger partial charge < -0.3 is 20.3 Å². The summed E-state index contributed by atoms with van der Waals surface area (Å²) in [5.74, 6) is -3.02. The van der Waals surface area contributed by atoms with Crippen LogP contribution >= 0.6 is 0 Å². The number of carbonyl (C=O) groups is 4. The molecule has 0 saturated heterocycles. The Morgan fingerprint density at radius 3 is 2.48 bits per heavy atom. The number of alkyl carbamates (subject to hydrolysis) is 1. The Hall–Kier alpha value is -4.61. The molecule has 0 spiro atoms. The van der Waals surface area contributed by atoms with Crippen LogP contribution in [0, 0.1) is 0 Å². The van der Waals surface area contributed by atoms with Crippen molar-refractivity contribution in [2.45, 2.75) is 25.6 Å². The molecule has 0 aliphatic heterocycles. The largest absolute Gasteiger partial charge is 0.481 e. The van der Waals surface area contributed by atoms with E-state index in [4.69, 9.17) is 14.9 Å². The molecule has 0 bridgehead atoms. The van der Waals surface area contributed by atoms with E-state index in [9.17, 15) is 19.2 Å². The number of ether oxygens (including phenoxy) is 1. The van der Waals surface area contributed by atoms with Crippen LogP contribution in [0.3, 0.4) is 0 Å². The minimum Gasteiger partial charge on any atom is -0.481 e. The van der Waals surface area contributed by atoms with Gasteiger partial charge in [0.05, 0.1) is 12.0 Å². The Morgan fingerprint density at radius 1 is 1.03 bits per heavy atom. The van der Waals surface area contributed by atoms with Gasteiger partial charge in [-0.25, -0.2) is 9.59 Å². The topological polar surface area (TPSA) is 174 Å². The van der Waals surface area contributed by atoms with Crippen LogP contribution in [-0.4, -0.2) is 60.3 Å². The lowest BCUT2D eigenvalue weighted by molar-refractivity contribution is -0.139. The number of aromatic carboxylic acids is 1. The molecule has 1 heterocycles. The number of carbonyl (C=O) groups excluding carboxylic acids is 2. The minimum absolute atomic E-state index is 0.0275. The van der Waals surface area contributed by atoms with E-state index >= 15 is 0 Å². The van der Waals surface area contributed by atoms with E-state index in [2.05, 4.69) is 20.7 Å². The maximum atomic E-state index is 12.6. The summed E-state index contributed by atoms with van der Waals surface area (Å²) >= 11 is 0. The fraction of sp³-hybridized carbons (Fsp3) is 0.190. The number of benzene rings is 2. The van der Waals surface area contributed by atoms with Gasteiger partial charge in [0.25, 0.3) is 0 Å².